The van der Waals surface area contributed by atoms with Crippen LogP contribution in [0.25, 0.3) is 5.69 Å². The first kappa shape index (κ1) is 12.8. The Labute approximate surface area is 110 Å². The fourth-order valence-electron chi connectivity index (χ4n) is 1.83. The van der Waals surface area contributed by atoms with Gasteiger partial charge in [0.1, 0.15) is 6.07 Å². The van der Waals surface area contributed by atoms with Crippen LogP contribution in [0.3, 0.4) is 0 Å². The van der Waals surface area contributed by atoms with E-state index in [9.17, 15) is 4.79 Å². The predicted molar refractivity (Wildman–Crippen MR) is 69.8 cm³/mol. The molecule has 19 heavy (non-hydrogen) atoms. The number of rotatable bonds is 3. The van der Waals surface area contributed by atoms with E-state index >= 15 is 0 Å². The summed E-state index contributed by atoms with van der Waals surface area (Å²) >= 11 is 0. The normalized spacial score (nSPS) is 9.95. The molecule has 0 aliphatic rings. The molecule has 0 radical (unpaired) electrons. The number of hydrogen-bond acceptors (Lipinski definition) is 4. The molecular weight excluding hydrogens is 242 g/mol. The highest BCUT2D eigenvalue weighted by atomic mass is 16.1. The lowest BCUT2D eigenvalue weighted by atomic mass is 10.2. The van der Waals surface area contributed by atoms with Crippen LogP contribution in [-0.4, -0.2) is 20.9 Å². The van der Waals surface area contributed by atoms with Gasteiger partial charge in [-0.2, -0.15) is 5.26 Å². The molecule has 1 aromatic heterocycles. The number of nitrogens with one attached hydrogen (secondary N) is 1. The second-order valence-electron chi connectivity index (χ2n) is 3.99. The van der Waals surface area contributed by atoms with Gasteiger partial charge in [-0.15, -0.1) is 5.10 Å². The molecule has 1 amide bonds. The van der Waals surface area contributed by atoms with Crippen LogP contribution in [0, 0.1) is 11.3 Å². The van der Waals surface area contributed by atoms with Crippen molar-refractivity contribution >= 4 is 11.6 Å². The topological polar surface area (TPSA) is 83.6 Å². The minimum atomic E-state index is -0.135. The molecule has 0 spiro atoms. The number of carbonyl (C=O) groups excluding carboxylic acids is 1. The van der Waals surface area contributed by atoms with Crippen molar-refractivity contribution in [1.29, 1.82) is 5.26 Å². The summed E-state index contributed by atoms with van der Waals surface area (Å²) in [5, 5.41) is 19.5. The van der Waals surface area contributed by atoms with E-state index in [1.807, 2.05) is 25.1 Å². The van der Waals surface area contributed by atoms with Crippen LogP contribution in [-0.2, 0) is 11.2 Å². The van der Waals surface area contributed by atoms with Crippen molar-refractivity contribution in [3.05, 3.63) is 35.7 Å². The molecule has 0 fully saturated rings. The highest BCUT2D eigenvalue weighted by Crippen LogP contribution is 2.17. The molecule has 1 aromatic carbocycles. The molecule has 96 valence electrons. The van der Waals surface area contributed by atoms with Crippen molar-refractivity contribution in [1.82, 2.24) is 15.0 Å². The molecule has 0 unspecified atom stereocenters. The van der Waals surface area contributed by atoms with Gasteiger partial charge in [-0.1, -0.05) is 18.2 Å². The number of amides is 1. The quantitative estimate of drug-likeness (QED) is 0.904. The number of aromatic nitrogens is 3. The maximum absolute atomic E-state index is 11.0. The van der Waals surface area contributed by atoms with E-state index in [0.717, 1.165) is 11.4 Å². The Morgan fingerprint density at radius 3 is 2.95 bits per heavy atom. The van der Waals surface area contributed by atoms with Crippen LogP contribution in [0.15, 0.2) is 24.3 Å². The largest absolute Gasteiger partial charge is 0.326 e. The standard InChI is InChI=1S/C13H13N5O/c1-3-13-12(8-14)16-17-18(13)11-6-4-5-10(7-11)15-9(2)19/h4-7H,3H2,1-2H3,(H,15,19). The number of nitriles is 1. The summed E-state index contributed by atoms with van der Waals surface area (Å²) in [6, 6.07) is 9.26. The van der Waals surface area contributed by atoms with Crippen molar-refractivity contribution in [2.24, 2.45) is 0 Å². The Bertz CT molecular complexity index is 653. The average Bonchev–Trinajstić information content (AvgIpc) is 2.81. The Hall–Kier alpha value is -2.68. The summed E-state index contributed by atoms with van der Waals surface area (Å²) in [6.45, 7) is 3.39. The summed E-state index contributed by atoms with van der Waals surface area (Å²) in [6.07, 6.45) is 0.653. The molecule has 0 bridgehead atoms. The summed E-state index contributed by atoms with van der Waals surface area (Å²) in [7, 11) is 0. The number of carbonyl (C=O) groups is 1. The van der Waals surface area contributed by atoms with Gasteiger partial charge in [0.05, 0.1) is 11.4 Å². The number of nitrogens with zero attached hydrogens (tertiary/aromatic N) is 4. The van der Waals surface area contributed by atoms with Crippen molar-refractivity contribution in [3.8, 4) is 11.8 Å². The van der Waals surface area contributed by atoms with Gasteiger partial charge in [0.25, 0.3) is 0 Å². The van der Waals surface area contributed by atoms with Crippen LogP contribution < -0.4 is 5.32 Å². The lowest BCUT2D eigenvalue weighted by Crippen LogP contribution is -2.07. The minimum Gasteiger partial charge on any atom is -0.326 e. The molecule has 1 heterocycles. The molecule has 1 N–H and O–H groups in total. The fraction of sp³-hybridized carbons (Fsp3) is 0.231. The van der Waals surface area contributed by atoms with Crippen molar-refractivity contribution < 1.29 is 4.79 Å². The highest BCUT2D eigenvalue weighted by Gasteiger charge is 2.12. The van der Waals surface area contributed by atoms with E-state index in [2.05, 4.69) is 15.6 Å². The van der Waals surface area contributed by atoms with Crippen LogP contribution >= 0.6 is 0 Å². The zero-order valence-electron chi connectivity index (χ0n) is 10.7. The predicted octanol–water partition coefficient (Wildman–Crippen LogP) is 1.66. The lowest BCUT2D eigenvalue weighted by molar-refractivity contribution is -0.114. The van der Waals surface area contributed by atoms with E-state index in [0.29, 0.717) is 17.8 Å². The zero-order chi connectivity index (χ0) is 13.8. The van der Waals surface area contributed by atoms with E-state index < -0.39 is 0 Å². The molecule has 0 saturated carbocycles. The Morgan fingerprint density at radius 2 is 2.32 bits per heavy atom. The molecule has 0 aliphatic carbocycles. The molecule has 0 atom stereocenters. The van der Waals surface area contributed by atoms with E-state index in [1.165, 1.54) is 6.92 Å². The first-order valence-corrected chi connectivity index (χ1v) is 5.88. The lowest BCUT2D eigenvalue weighted by Gasteiger charge is -2.07. The van der Waals surface area contributed by atoms with Gasteiger partial charge in [-0.25, -0.2) is 4.68 Å². The van der Waals surface area contributed by atoms with Crippen molar-refractivity contribution in [2.45, 2.75) is 20.3 Å². The maximum atomic E-state index is 11.0. The second-order valence-corrected chi connectivity index (χ2v) is 3.99. The molecule has 0 saturated heterocycles. The molecule has 2 aromatic rings. The second kappa shape index (κ2) is 5.31. The molecule has 6 nitrogen and oxygen atoms in total. The zero-order valence-corrected chi connectivity index (χ0v) is 10.7. The monoisotopic (exact) mass is 255 g/mol. The summed E-state index contributed by atoms with van der Waals surface area (Å²) < 4.78 is 1.61. The SMILES string of the molecule is CCc1c(C#N)nnn1-c1cccc(NC(C)=O)c1. The summed E-state index contributed by atoms with van der Waals surface area (Å²) in [4.78, 5) is 11.0. The minimum absolute atomic E-state index is 0.135. The van der Waals surface area contributed by atoms with Gasteiger partial charge in [-0.05, 0) is 24.6 Å². The fourth-order valence-corrected chi connectivity index (χ4v) is 1.83. The number of hydrogen-bond donors (Lipinski definition) is 1. The molecule has 2 rings (SSSR count). The molecular formula is C13H13N5O. The first-order valence-electron chi connectivity index (χ1n) is 5.88. The third kappa shape index (κ3) is 2.60. The van der Waals surface area contributed by atoms with Crippen LogP contribution in [0.1, 0.15) is 25.2 Å². The van der Waals surface area contributed by atoms with Gasteiger partial charge < -0.3 is 5.32 Å². The summed E-state index contributed by atoms with van der Waals surface area (Å²) in [5.74, 6) is -0.135. The number of anilines is 1. The maximum Gasteiger partial charge on any atom is 0.221 e. The van der Waals surface area contributed by atoms with Gasteiger partial charge in [0.15, 0.2) is 5.69 Å². The third-order valence-electron chi connectivity index (χ3n) is 2.62. The summed E-state index contributed by atoms with van der Waals surface area (Å²) in [5.41, 5.74) is 2.52. The van der Waals surface area contributed by atoms with Gasteiger partial charge in [-0.3, -0.25) is 4.79 Å². The van der Waals surface area contributed by atoms with E-state index in [1.54, 1.807) is 16.8 Å². The van der Waals surface area contributed by atoms with E-state index in [4.69, 9.17) is 5.26 Å². The molecule has 6 heteroatoms. The van der Waals surface area contributed by atoms with Crippen LogP contribution in [0.2, 0.25) is 0 Å². The van der Waals surface area contributed by atoms with Crippen molar-refractivity contribution in [3.63, 3.8) is 0 Å². The van der Waals surface area contributed by atoms with Gasteiger partial charge in [0.2, 0.25) is 5.91 Å². The number of benzene rings is 1. The van der Waals surface area contributed by atoms with Crippen LogP contribution in [0.4, 0.5) is 5.69 Å². The highest BCUT2D eigenvalue weighted by molar-refractivity contribution is 5.88. The van der Waals surface area contributed by atoms with Gasteiger partial charge >= 0.3 is 0 Å². The Kier molecular flexibility index (Phi) is 3.57. The van der Waals surface area contributed by atoms with Crippen molar-refractivity contribution in [2.75, 3.05) is 5.32 Å². The van der Waals surface area contributed by atoms with Crippen LogP contribution in [0.5, 0.6) is 0 Å². The van der Waals surface area contributed by atoms with E-state index in [-0.39, 0.29) is 5.91 Å². The third-order valence-corrected chi connectivity index (χ3v) is 2.62. The first-order chi connectivity index (χ1) is 9.15. The average molecular weight is 255 g/mol. The Morgan fingerprint density at radius 1 is 1.53 bits per heavy atom. The molecule has 0 aliphatic heterocycles. The smallest absolute Gasteiger partial charge is 0.221 e. The Balaban J connectivity index is 2.45. The van der Waals surface area contributed by atoms with Gasteiger partial charge in [0, 0.05) is 12.6 Å².